The minimum Gasteiger partial charge on any atom is -0.444 e. The summed E-state index contributed by atoms with van der Waals surface area (Å²) >= 11 is 0. The molecular formula is C25H35N7O. The van der Waals surface area contributed by atoms with Crippen LogP contribution in [0.3, 0.4) is 0 Å². The highest BCUT2D eigenvalue weighted by molar-refractivity contribution is 5.79. The molecule has 3 heterocycles. The summed E-state index contributed by atoms with van der Waals surface area (Å²) in [6.45, 7) is 9.34. The molecule has 1 aliphatic heterocycles. The van der Waals surface area contributed by atoms with Crippen LogP contribution < -0.4 is 10.6 Å². The largest absolute Gasteiger partial charge is 0.444 e. The number of hydrogen-bond acceptors (Lipinski definition) is 5. The van der Waals surface area contributed by atoms with E-state index in [4.69, 9.17) is 4.42 Å². The summed E-state index contributed by atoms with van der Waals surface area (Å²) in [7, 11) is 1.83. The van der Waals surface area contributed by atoms with Crippen molar-refractivity contribution in [2.24, 2.45) is 10.9 Å². The van der Waals surface area contributed by atoms with Crippen LogP contribution in [0.25, 0.3) is 0 Å². The van der Waals surface area contributed by atoms with Crippen molar-refractivity contribution < 1.29 is 4.42 Å². The van der Waals surface area contributed by atoms with Gasteiger partial charge < -0.3 is 15.1 Å². The molecule has 176 valence electrons. The zero-order chi connectivity index (χ0) is 23.0. The number of nitrogens with one attached hydrogen (secondary N) is 2. The van der Waals surface area contributed by atoms with Crippen LogP contribution in [-0.2, 0) is 19.6 Å². The Bertz CT molecular complexity index is 1010. The molecule has 0 spiro atoms. The third-order valence-corrected chi connectivity index (χ3v) is 6.38. The first kappa shape index (κ1) is 23.0. The normalized spacial score (nSPS) is 15.7. The van der Waals surface area contributed by atoms with Gasteiger partial charge in [0.2, 0.25) is 5.89 Å². The van der Waals surface area contributed by atoms with Crippen LogP contribution in [-0.4, -0.2) is 52.3 Å². The number of nitrogens with zero attached hydrogens (tertiary/aromatic N) is 5. The van der Waals surface area contributed by atoms with E-state index in [1.165, 1.54) is 11.1 Å². The van der Waals surface area contributed by atoms with E-state index in [1.807, 2.05) is 44.0 Å². The van der Waals surface area contributed by atoms with Gasteiger partial charge in [-0.3, -0.25) is 14.6 Å². The number of likely N-dealkylation sites (tertiary alicyclic amines) is 1. The van der Waals surface area contributed by atoms with Crippen molar-refractivity contribution in [3.05, 3.63) is 71.2 Å². The predicted molar refractivity (Wildman–Crippen MR) is 130 cm³/mol. The summed E-state index contributed by atoms with van der Waals surface area (Å²) < 4.78 is 7.69. The molecule has 1 fully saturated rings. The molecule has 0 radical (unpaired) electrons. The number of aliphatic imine (C=N–C) groups is 1. The average molecular weight is 450 g/mol. The predicted octanol–water partition coefficient (Wildman–Crippen LogP) is 3.11. The highest BCUT2D eigenvalue weighted by Gasteiger charge is 2.21. The fourth-order valence-corrected chi connectivity index (χ4v) is 4.24. The summed E-state index contributed by atoms with van der Waals surface area (Å²) in [5.74, 6) is 3.24. The van der Waals surface area contributed by atoms with E-state index in [1.54, 1.807) is 0 Å². The van der Waals surface area contributed by atoms with Gasteiger partial charge in [0.15, 0.2) is 5.96 Å². The number of aryl methyl sites for hydroxylation is 2. The quantitative estimate of drug-likeness (QED) is 0.406. The van der Waals surface area contributed by atoms with Crippen molar-refractivity contribution in [2.75, 3.05) is 26.7 Å². The first-order valence-corrected chi connectivity index (χ1v) is 11.7. The topological polar surface area (TPSA) is 83.5 Å². The zero-order valence-corrected chi connectivity index (χ0v) is 19.9. The second-order valence-corrected chi connectivity index (χ2v) is 8.75. The maximum Gasteiger partial charge on any atom is 0.208 e. The molecule has 0 amide bonds. The van der Waals surface area contributed by atoms with E-state index in [2.05, 4.69) is 54.9 Å². The van der Waals surface area contributed by atoms with Gasteiger partial charge >= 0.3 is 0 Å². The Morgan fingerprint density at radius 1 is 1.09 bits per heavy atom. The molecule has 8 nitrogen and oxygen atoms in total. The molecule has 8 heteroatoms. The maximum absolute atomic E-state index is 5.74. The van der Waals surface area contributed by atoms with Gasteiger partial charge in [-0.1, -0.05) is 24.3 Å². The lowest BCUT2D eigenvalue weighted by Gasteiger charge is -2.31. The number of aromatic nitrogens is 3. The van der Waals surface area contributed by atoms with E-state index in [0.29, 0.717) is 5.92 Å². The Morgan fingerprint density at radius 2 is 1.88 bits per heavy atom. The van der Waals surface area contributed by atoms with Crippen molar-refractivity contribution in [3.63, 3.8) is 0 Å². The van der Waals surface area contributed by atoms with Gasteiger partial charge in [0.05, 0.1) is 18.8 Å². The minimum absolute atomic E-state index is 0.639. The molecule has 1 aliphatic rings. The molecule has 0 atom stereocenters. The molecular weight excluding hydrogens is 414 g/mol. The van der Waals surface area contributed by atoms with E-state index in [9.17, 15) is 0 Å². The van der Waals surface area contributed by atoms with E-state index < -0.39 is 0 Å². The molecule has 2 aromatic heterocycles. The Kier molecular flexibility index (Phi) is 7.78. The number of benzene rings is 1. The van der Waals surface area contributed by atoms with Crippen LogP contribution in [0.1, 0.15) is 41.3 Å². The summed E-state index contributed by atoms with van der Waals surface area (Å²) in [5.41, 5.74) is 3.50. The Hall–Kier alpha value is -3.13. The lowest BCUT2D eigenvalue weighted by molar-refractivity contribution is 0.164. The van der Waals surface area contributed by atoms with Crippen LogP contribution in [0, 0.1) is 19.8 Å². The van der Waals surface area contributed by atoms with E-state index >= 15 is 0 Å². The summed E-state index contributed by atoms with van der Waals surface area (Å²) in [6, 6.07) is 10.4. The molecule has 0 bridgehead atoms. The van der Waals surface area contributed by atoms with Crippen molar-refractivity contribution in [3.8, 4) is 0 Å². The summed E-state index contributed by atoms with van der Waals surface area (Å²) in [4.78, 5) is 11.4. The molecule has 1 aromatic carbocycles. The van der Waals surface area contributed by atoms with Gasteiger partial charge in [-0.05, 0) is 62.9 Å². The van der Waals surface area contributed by atoms with Crippen molar-refractivity contribution in [1.29, 1.82) is 0 Å². The van der Waals surface area contributed by atoms with Crippen molar-refractivity contribution in [2.45, 2.75) is 46.3 Å². The number of hydrogen-bond donors (Lipinski definition) is 2. The number of piperidine rings is 1. The second kappa shape index (κ2) is 11.1. The average Bonchev–Trinajstić information content (AvgIpc) is 3.45. The molecule has 0 saturated carbocycles. The summed E-state index contributed by atoms with van der Waals surface area (Å²) in [6.07, 6.45) is 6.13. The van der Waals surface area contributed by atoms with Crippen molar-refractivity contribution in [1.82, 2.24) is 30.3 Å². The number of oxazole rings is 1. The van der Waals surface area contributed by atoms with Crippen molar-refractivity contribution >= 4 is 5.96 Å². The van der Waals surface area contributed by atoms with Crippen LogP contribution in [0.5, 0.6) is 0 Å². The first-order chi connectivity index (χ1) is 16.1. The summed E-state index contributed by atoms with van der Waals surface area (Å²) in [5, 5.41) is 11.3. The zero-order valence-electron chi connectivity index (χ0n) is 19.9. The molecule has 0 unspecified atom stereocenters. The van der Waals surface area contributed by atoms with Gasteiger partial charge in [-0.25, -0.2) is 4.98 Å². The first-order valence-electron chi connectivity index (χ1n) is 11.7. The molecule has 1 saturated heterocycles. The van der Waals surface area contributed by atoms with Crippen LogP contribution in [0.15, 0.2) is 52.1 Å². The Morgan fingerprint density at radius 3 is 2.55 bits per heavy atom. The monoisotopic (exact) mass is 449 g/mol. The minimum atomic E-state index is 0.639. The Labute approximate surface area is 196 Å². The SMILES string of the molecule is CN=C(NCc1ccccc1Cn1cccn1)NCC1CCN(Cc2nc(C)c(C)o2)CC1. The Balaban J connectivity index is 1.21. The van der Waals surface area contributed by atoms with Gasteiger partial charge in [-0.15, -0.1) is 0 Å². The van der Waals surface area contributed by atoms with Crippen LogP contribution >= 0.6 is 0 Å². The van der Waals surface area contributed by atoms with Gasteiger partial charge in [0.25, 0.3) is 0 Å². The third-order valence-electron chi connectivity index (χ3n) is 6.38. The van der Waals surface area contributed by atoms with Crippen LogP contribution in [0.2, 0.25) is 0 Å². The maximum atomic E-state index is 5.74. The highest BCUT2D eigenvalue weighted by atomic mass is 16.4. The lowest BCUT2D eigenvalue weighted by Crippen LogP contribution is -2.42. The van der Waals surface area contributed by atoms with E-state index in [0.717, 1.165) is 75.4 Å². The molecule has 2 N–H and O–H groups in total. The van der Waals surface area contributed by atoms with Crippen LogP contribution in [0.4, 0.5) is 0 Å². The smallest absolute Gasteiger partial charge is 0.208 e. The molecule has 33 heavy (non-hydrogen) atoms. The molecule has 0 aliphatic carbocycles. The fraction of sp³-hybridized carbons (Fsp3) is 0.480. The number of rotatable bonds is 8. The standard InChI is InChI=1S/C25H35N7O/c1-19-20(2)33-24(30-19)18-31-13-9-21(10-14-31)15-27-25(26-3)28-16-22-7-4-5-8-23(22)17-32-12-6-11-29-32/h4-8,11-12,21H,9-10,13-18H2,1-3H3,(H2,26,27,28). The molecule has 3 aromatic rings. The highest BCUT2D eigenvalue weighted by Crippen LogP contribution is 2.19. The van der Waals surface area contributed by atoms with Gasteiger partial charge in [0.1, 0.15) is 5.76 Å². The lowest BCUT2D eigenvalue weighted by atomic mass is 9.97. The van der Waals surface area contributed by atoms with Gasteiger partial charge in [-0.2, -0.15) is 5.10 Å². The van der Waals surface area contributed by atoms with E-state index in [-0.39, 0.29) is 0 Å². The third kappa shape index (κ3) is 6.44. The molecule has 4 rings (SSSR count). The van der Waals surface area contributed by atoms with Gasteiger partial charge in [0, 0.05) is 32.5 Å². The fourth-order valence-electron chi connectivity index (χ4n) is 4.24. The number of guanidine groups is 1. The second-order valence-electron chi connectivity index (χ2n) is 8.75.